The Bertz CT molecular complexity index is 748. The summed E-state index contributed by atoms with van der Waals surface area (Å²) >= 11 is 18.0. The first-order valence-electron chi connectivity index (χ1n) is 5.90. The summed E-state index contributed by atoms with van der Waals surface area (Å²) in [5.41, 5.74) is 3.53. The quantitative estimate of drug-likeness (QED) is 0.643. The van der Waals surface area contributed by atoms with Crippen molar-refractivity contribution in [2.45, 2.75) is 0 Å². The molecule has 0 spiro atoms. The molecule has 100 valence electrons. The second kappa shape index (κ2) is 5.49. The van der Waals surface area contributed by atoms with E-state index in [9.17, 15) is 0 Å². The van der Waals surface area contributed by atoms with E-state index in [-0.39, 0.29) is 0 Å². The predicted molar refractivity (Wildman–Crippen MR) is 84.5 cm³/mol. The monoisotopic (exact) mass is 322 g/mol. The fourth-order valence-corrected chi connectivity index (χ4v) is 2.57. The molecule has 5 heteroatoms. The van der Waals surface area contributed by atoms with Crippen molar-refractivity contribution in [2.75, 3.05) is 0 Å². The maximum atomic E-state index is 6.19. The highest BCUT2D eigenvalue weighted by atomic mass is 35.5. The molecule has 2 aromatic carbocycles. The lowest BCUT2D eigenvalue weighted by Gasteiger charge is -2.01. The minimum absolute atomic E-state index is 0.587. The third kappa shape index (κ3) is 2.68. The van der Waals surface area contributed by atoms with Crippen LogP contribution < -0.4 is 0 Å². The molecule has 1 aromatic heterocycles. The fourth-order valence-electron chi connectivity index (χ4n) is 1.94. The van der Waals surface area contributed by atoms with E-state index >= 15 is 0 Å². The van der Waals surface area contributed by atoms with Gasteiger partial charge in [0.15, 0.2) is 0 Å². The number of halogens is 3. The van der Waals surface area contributed by atoms with Crippen molar-refractivity contribution < 1.29 is 0 Å². The SMILES string of the molecule is Clc1ccc(-c2cc(-c3ccc(Cl)cc3Cl)[nH]n2)cc1. The van der Waals surface area contributed by atoms with E-state index in [1.54, 1.807) is 12.1 Å². The number of nitrogens with zero attached hydrogens (tertiary/aromatic N) is 1. The van der Waals surface area contributed by atoms with Crippen molar-refractivity contribution in [2.24, 2.45) is 0 Å². The van der Waals surface area contributed by atoms with Crippen molar-refractivity contribution in [3.63, 3.8) is 0 Å². The number of benzene rings is 2. The summed E-state index contributed by atoms with van der Waals surface area (Å²) in [5.74, 6) is 0. The largest absolute Gasteiger partial charge is 0.277 e. The zero-order chi connectivity index (χ0) is 14.1. The molecule has 1 N–H and O–H groups in total. The third-order valence-electron chi connectivity index (χ3n) is 2.94. The molecule has 1 heterocycles. The molecule has 3 rings (SSSR count). The van der Waals surface area contributed by atoms with Crippen LogP contribution in [0.3, 0.4) is 0 Å². The molecular weight excluding hydrogens is 315 g/mol. The van der Waals surface area contributed by atoms with Crippen LogP contribution in [-0.2, 0) is 0 Å². The van der Waals surface area contributed by atoms with Gasteiger partial charge >= 0.3 is 0 Å². The summed E-state index contributed by atoms with van der Waals surface area (Å²) in [5, 5.41) is 9.17. The smallest absolute Gasteiger partial charge is 0.0927 e. The molecule has 0 fully saturated rings. The lowest BCUT2D eigenvalue weighted by molar-refractivity contribution is 1.10. The van der Waals surface area contributed by atoms with Crippen LogP contribution in [0.5, 0.6) is 0 Å². The molecule has 0 amide bonds. The summed E-state index contributed by atoms with van der Waals surface area (Å²) < 4.78 is 0. The minimum Gasteiger partial charge on any atom is -0.277 e. The van der Waals surface area contributed by atoms with Crippen LogP contribution in [0.1, 0.15) is 0 Å². The molecule has 0 aliphatic rings. The van der Waals surface area contributed by atoms with Crippen LogP contribution >= 0.6 is 34.8 Å². The summed E-state index contributed by atoms with van der Waals surface area (Å²) in [4.78, 5) is 0. The molecule has 0 radical (unpaired) electrons. The number of hydrogen-bond acceptors (Lipinski definition) is 1. The Kier molecular flexibility index (Phi) is 3.70. The Labute approximate surface area is 131 Å². The van der Waals surface area contributed by atoms with Crippen LogP contribution in [0.15, 0.2) is 48.5 Å². The van der Waals surface area contributed by atoms with E-state index < -0.39 is 0 Å². The molecule has 20 heavy (non-hydrogen) atoms. The average Bonchev–Trinajstić information content (AvgIpc) is 2.89. The van der Waals surface area contributed by atoms with Crippen LogP contribution in [0, 0.1) is 0 Å². The Hall–Kier alpha value is -1.48. The normalized spacial score (nSPS) is 10.8. The first-order valence-corrected chi connectivity index (χ1v) is 7.03. The summed E-state index contributed by atoms with van der Waals surface area (Å²) in [7, 11) is 0. The van der Waals surface area contributed by atoms with Crippen molar-refractivity contribution in [1.82, 2.24) is 10.2 Å². The number of rotatable bonds is 2. The van der Waals surface area contributed by atoms with E-state index in [0.717, 1.165) is 22.5 Å². The Morgan fingerprint density at radius 1 is 0.800 bits per heavy atom. The second-order valence-corrected chi connectivity index (χ2v) is 5.58. The molecule has 0 atom stereocenters. The predicted octanol–water partition coefficient (Wildman–Crippen LogP) is 5.70. The van der Waals surface area contributed by atoms with Gasteiger partial charge in [0, 0.05) is 21.2 Å². The van der Waals surface area contributed by atoms with Gasteiger partial charge in [0.1, 0.15) is 0 Å². The molecule has 2 nitrogen and oxygen atoms in total. The summed E-state index contributed by atoms with van der Waals surface area (Å²) in [6, 6.07) is 14.8. The van der Waals surface area contributed by atoms with Gasteiger partial charge in [0.2, 0.25) is 0 Å². The maximum absolute atomic E-state index is 6.19. The maximum Gasteiger partial charge on any atom is 0.0927 e. The minimum atomic E-state index is 0.587. The van der Waals surface area contributed by atoms with Crippen LogP contribution in [0.25, 0.3) is 22.5 Å². The van der Waals surface area contributed by atoms with E-state index in [2.05, 4.69) is 10.2 Å². The highest BCUT2D eigenvalue weighted by Gasteiger charge is 2.09. The highest BCUT2D eigenvalue weighted by Crippen LogP contribution is 2.31. The number of H-pyrrole nitrogens is 1. The lowest BCUT2D eigenvalue weighted by atomic mass is 10.1. The Morgan fingerprint density at radius 2 is 1.50 bits per heavy atom. The van der Waals surface area contributed by atoms with Crippen molar-refractivity contribution in [1.29, 1.82) is 0 Å². The van der Waals surface area contributed by atoms with Gasteiger partial charge in [-0.25, -0.2) is 0 Å². The molecule has 0 saturated heterocycles. The van der Waals surface area contributed by atoms with Crippen molar-refractivity contribution in [3.05, 3.63) is 63.6 Å². The van der Waals surface area contributed by atoms with Gasteiger partial charge in [-0.15, -0.1) is 0 Å². The molecule has 0 aliphatic heterocycles. The second-order valence-electron chi connectivity index (χ2n) is 4.30. The van der Waals surface area contributed by atoms with Crippen LogP contribution in [-0.4, -0.2) is 10.2 Å². The molecular formula is C15H9Cl3N2. The standard InChI is InChI=1S/C15H9Cl3N2/c16-10-3-1-9(2-4-10)14-8-15(20-19-14)12-6-5-11(17)7-13(12)18/h1-8H,(H,19,20). The zero-order valence-electron chi connectivity index (χ0n) is 10.2. The van der Waals surface area contributed by atoms with Crippen molar-refractivity contribution in [3.8, 4) is 22.5 Å². The topological polar surface area (TPSA) is 28.7 Å². The number of nitrogens with one attached hydrogen (secondary N) is 1. The summed E-state index contributed by atoms with van der Waals surface area (Å²) in [6.07, 6.45) is 0. The van der Waals surface area contributed by atoms with E-state index in [1.165, 1.54) is 0 Å². The molecule has 0 unspecified atom stereocenters. The molecule has 0 aliphatic carbocycles. The first-order chi connectivity index (χ1) is 9.63. The molecule has 0 saturated carbocycles. The van der Waals surface area contributed by atoms with Gasteiger partial charge in [-0.1, -0.05) is 46.9 Å². The van der Waals surface area contributed by atoms with Gasteiger partial charge in [-0.05, 0) is 36.4 Å². The zero-order valence-corrected chi connectivity index (χ0v) is 12.5. The number of hydrogen-bond donors (Lipinski definition) is 1. The lowest BCUT2D eigenvalue weighted by Crippen LogP contribution is -1.79. The first kappa shape index (κ1) is 13.5. The van der Waals surface area contributed by atoms with E-state index in [4.69, 9.17) is 34.8 Å². The van der Waals surface area contributed by atoms with Gasteiger partial charge in [0.25, 0.3) is 0 Å². The fraction of sp³-hybridized carbons (Fsp3) is 0. The molecule has 3 aromatic rings. The van der Waals surface area contributed by atoms with E-state index in [1.807, 2.05) is 36.4 Å². The average molecular weight is 324 g/mol. The third-order valence-corrected chi connectivity index (χ3v) is 3.74. The number of aromatic nitrogens is 2. The molecule has 0 bridgehead atoms. The van der Waals surface area contributed by atoms with Gasteiger partial charge in [-0.3, -0.25) is 5.10 Å². The van der Waals surface area contributed by atoms with Gasteiger partial charge < -0.3 is 0 Å². The van der Waals surface area contributed by atoms with Gasteiger partial charge in [0.05, 0.1) is 16.4 Å². The van der Waals surface area contributed by atoms with Crippen LogP contribution in [0.4, 0.5) is 0 Å². The van der Waals surface area contributed by atoms with Gasteiger partial charge in [-0.2, -0.15) is 5.10 Å². The van der Waals surface area contributed by atoms with Crippen LogP contribution in [0.2, 0.25) is 15.1 Å². The van der Waals surface area contributed by atoms with E-state index in [0.29, 0.717) is 15.1 Å². The Balaban J connectivity index is 1.99. The highest BCUT2D eigenvalue weighted by molar-refractivity contribution is 6.36. The number of aromatic amines is 1. The van der Waals surface area contributed by atoms with Crippen molar-refractivity contribution >= 4 is 34.8 Å². The Morgan fingerprint density at radius 3 is 2.20 bits per heavy atom. The summed E-state index contributed by atoms with van der Waals surface area (Å²) in [6.45, 7) is 0.